The van der Waals surface area contributed by atoms with Gasteiger partial charge in [0.1, 0.15) is 42.7 Å². The molecular weight excluding hydrogens is 420 g/mol. The molecule has 0 spiro atoms. The number of carbonyl (C=O) groups excluding carboxylic acids is 1. The van der Waals surface area contributed by atoms with E-state index in [1.54, 1.807) is 6.92 Å². The van der Waals surface area contributed by atoms with E-state index in [-0.39, 0.29) is 19.6 Å². The molecule has 12 nitrogen and oxygen atoms in total. The minimum atomic E-state index is -1.62. The van der Waals surface area contributed by atoms with E-state index in [0.29, 0.717) is 6.61 Å². The van der Waals surface area contributed by atoms with Crippen molar-refractivity contribution < 1.29 is 59.1 Å². The predicted octanol–water partition coefficient (Wildman–Crippen LogP) is -2.61. The molecule has 0 radical (unpaired) electrons. The van der Waals surface area contributed by atoms with Crippen LogP contribution in [0.15, 0.2) is 0 Å². The molecule has 31 heavy (non-hydrogen) atoms. The highest BCUT2D eigenvalue weighted by molar-refractivity contribution is 5.69. The van der Waals surface area contributed by atoms with Crippen LogP contribution in [-0.2, 0) is 28.5 Å². The van der Waals surface area contributed by atoms with Gasteiger partial charge < -0.3 is 54.3 Å². The average Bonchev–Trinajstić information content (AvgIpc) is 2.72. The molecule has 0 amide bonds. The first kappa shape index (κ1) is 26.3. The lowest BCUT2D eigenvalue weighted by Gasteiger charge is -2.42. The number of aliphatic hydroxyl groups is 6. The molecule has 0 aromatic carbocycles. The second kappa shape index (κ2) is 12.3. The Kier molecular flexibility index (Phi) is 10.5. The van der Waals surface area contributed by atoms with Gasteiger partial charge >= 0.3 is 5.97 Å². The van der Waals surface area contributed by atoms with Crippen molar-refractivity contribution in [2.45, 2.75) is 94.5 Å². The number of carbonyl (C=O) groups is 1. The maximum atomic E-state index is 11.8. The molecule has 12 heteroatoms. The number of hydrogen-bond acceptors (Lipinski definition) is 12. The Morgan fingerprint density at radius 2 is 1.68 bits per heavy atom. The first-order valence-corrected chi connectivity index (χ1v) is 10.4. The number of esters is 1. The van der Waals surface area contributed by atoms with E-state index in [1.807, 2.05) is 6.92 Å². The van der Waals surface area contributed by atoms with Crippen LogP contribution in [0.25, 0.3) is 0 Å². The summed E-state index contributed by atoms with van der Waals surface area (Å²) in [5.74, 6) is -0.476. The van der Waals surface area contributed by atoms with Crippen LogP contribution in [0.1, 0.15) is 33.1 Å². The van der Waals surface area contributed by atoms with Gasteiger partial charge in [0.15, 0.2) is 12.6 Å². The highest BCUT2D eigenvalue weighted by Crippen LogP contribution is 2.25. The SMILES string of the molecule is CCCCOC(=O)C[C@@H](C)O[C@@H]1OC(CO[C@@H]2OC[C@H](O)[C@H](O)C2O)[C@@H](O)[C@H](O)C1O. The van der Waals surface area contributed by atoms with Crippen molar-refractivity contribution in [2.24, 2.45) is 0 Å². The van der Waals surface area contributed by atoms with Crippen LogP contribution >= 0.6 is 0 Å². The van der Waals surface area contributed by atoms with Crippen LogP contribution in [-0.4, -0.2) is 118 Å². The van der Waals surface area contributed by atoms with Gasteiger partial charge in [-0.2, -0.15) is 0 Å². The average molecular weight is 454 g/mol. The quantitative estimate of drug-likeness (QED) is 0.149. The molecule has 182 valence electrons. The second-order valence-electron chi connectivity index (χ2n) is 7.82. The van der Waals surface area contributed by atoms with Crippen molar-refractivity contribution >= 4 is 5.97 Å². The largest absolute Gasteiger partial charge is 0.466 e. The molecule has 6 N–H and O–H groups in total. The van der Waals surface area contributed by atoms with Crippen molar-refractivity contribution in [3.63, 3.8) is 0 Å². The fraction of sp³-hybridized carbons (Fsp3) is 0.947. The molecule has 0 bridgehead atoms. The summed E-state index contributed by atoms with van der Waals surface area (Å²) in [5, 5.41) is 59.5. The normalized spacial score (nSPS) is 39.8. The summed E-state index contributed by atoms with van der Waals surface area (Å²) < 4.78 is 26.5. The van der Waals surface area contributed by atoms with Crippen LogP contribution in [0.4, 0.5) is 0 Å². The molecule has 2 saturated heterocycles. The Hall–Kier alpha value is -0.930. The van der Waals surface area contributed by atoms with Crippen molar-refractivity contribution in [1.29, 1.82) is 0 Å². The van der Waals surface area contributed by atoms with E-state index < -0.39 is 67.4 Å². The third-order valence-electron chi connectivity index (χ3n) is 5.13. The molecule has 2 heterocycles. The summed E-state index contributed by atoms with van der Waals surface area (Å²) in [6.45, 7) is 3.18. The highest BCUT2D eigenvalue weighted by atomic mass is 16.7. The van der Waals surface area contributed by atoms with Gasteiger partial charge in [-0.25, -0.2) is 0 Å². The molecule has 0 aliphatic carbocycles. The van der Waals surface area contributed by atoms with Crippen LogP contribution in [0.5, 0.6) is 0 Å². The van der Waals surface area contributed by atoms with E-state index in [1.165, 1.54) is 0 Å². The van der Waals surface area contributed by atoms with Gasteiger partial charge in [-0.15, -0.1) is 0 Å². The van der Waals surface area contributed by atoms with Crippen LogP contribution in [0.2, 0.25) is 0 Å². The maximum Gasteiger partial charge on any atom is 0.308 e. The van der Waals surface area contributed by atoms with Crippen LogP contribution in [0, 0.1) is 0 Å². The second-order valence-corrected chi connectivity index (χ2v) is 7.82. The maximum absolute atomic E-state index is 11.8. The Balaban J connectivity index is 1.87. The zero-order valence-electron chi connectivity index (χ0n) is 17.6. The molecule has 0 saturated carbocycles. The zero-order chi connectivity index (χ0) is 23.1. The Labute approximate surface area is 180 Å². The van der Waals surface area contributed by atoms with Crippen molar-refractivity contribution in [3.8, 4) is 0 Å². The van der Waals surface area contributed by atoms with Crippen molar-refractivity contribution in [1.82, 2.24) is 0 Å². The van der Waals surface area contributed by atoms with E-state index >= 15 is 0 Å². The summed E-state index contributed by atoms with van der Waals surface area (Å²) in [4.78, 5) is 11.8. The molecule has 2 rings (SSSR count). The van der Waals surface area contributed by atoms with Crippen molar-refractivity contribution in [3.05, 3.63) is 0 Å². The molecular formula is C19H34O12. The molecule has 2 aliphatic heterocycles. The lowest BCUT2D eigenvalue weighted by molar-refractivity contribution is -0.326. The standard InChI is InChI=1S/C19H34O12/c1-3-4-5-27-12(21)6-9(2)30-19-17(26)15(24)14(23)11(31-19)8-29-18-16(25)13(22)10(20)7-28-18/h9-11,13-20,22-26H,3-8H2,1-2H3/t9-,10+,11?,13+,14-,15+,16?,17?,18+,19-/m1/s1. The lowest BCUT2D eigenvalue weighted by atomic mass is 9.99. The fourth-order valence-corrected chi connectivity index (χ4v) is 3.18. The molecule has 10 atom stereocenters. The Morgan fingerprint density at radius 3 is 2.35 bits per heavy atom. The number of ether oxygens (including phenoxy) is 5. The van der Waals surface area contributed by atoms with Gasteiger partial charge in [0.25, 0.3) is 0 Å². The van der Waals surface area contributed by atoms with Crippen molar-refractivity contribution in [2.75, 3.05) is 19.8 Å². The van der Waals surface area contributed by atoms with Crippen LogP contribution < -0.4 is 0 Å². The van der Waals surface area contributed by atoms with E-state index in [2.05, 4.69) is 0 Å². The first-order chi connectivity index (χ1) is 14.6. The highest BCUT2D eigenvalue weighted by Gasteiger charge is 2.46. The topological polar surface area (TPSA) is 185 Å². The Bertz CT molecular complexity index is 548. The van der Waals surface area contributed by atoms with E-state index in [9.17, 15) is 35.4 Å². The summed E-state index contributed by atoms with van der Waals surface area (Å²) in [7, 11) is 0. The molecule has 3 unspecified atom stereocenters. The minimum absolute atomic E-state index is 0.0988. The van der Waals surface area contributed by atoms with E-state index in [0.717, 1.165) is 12.8 Å². The van der Waals surface area contributed by atoms with Gasteiger partial charge in [-0.1, -0.05) is 13.3 Å². The van der Waals surface area contributed by atoms with E-state index in [4.69, 9.17) is 23.7 Å². The van der Waals surface area contributed by atoms with Gasteiger partial charge in [0.05, 0.1) is 32.3 Å². The molecule has 2 fully saturated rings. The van der Waals surface area contributed by atoms with Gasteiger partial charge in [-0.05, 0) is 13.3 Å². The smallest absolute Gasteiger partial charge is 0.308 e. The third kappa shape index (κ3) is 7.29. The summed E-state index contributed by atoms with van der Waals surface area (Å²) in [6, 6.07) is 0. The predicted molar refractivity (Wildman–Crippen MR) is 101 cm³/mol. The minimum Gasteiger partial charge on any atom is -0.466 e. The monoisotopic (exact) mass is 454 g/mol. The third-order valence-corrected chi connectivity index (χ3v) is 5.13. The number of rotatable bonds is 10. The molecule has 0 aromatic heterocycles. The summed E-state index contributed by atoms with van der Waals surface area (Å²) in [6.07, 6.45) is -12.0. The zero-order valence-corrected chi connectivity index (χ0v) is 17.6. The summed E-state index contributed by atoms with van der Waals surface area (Å²) in [5.41, 5.74) is 0. The summed E-state index contributed by atoms with van der Waals surface area (Å²) >= 11 is 0. The first-order valence-electron chi connectivity index (χ1n) is 10.4. The number of unbranched alkanes of at least 4 members (excludes halogenated alkanes) is 1. The van der Waals surface area contributed by atoms with Gasteiger partial charge in [0, 0.05) is 0 Å². The fourth-order valence-electron chi connectivity index (χ4n) is 3.18. The number of aliphatic hydroxyl groups excluding tert-OH is 6. The Morgan fingerprint density at radius 1 is 1.00 bits per heavy atom. The molecule has 2 aliphatic rings. The van der Waals surface area contributed by atoms with Gasteiger partial charge in [0.2, 0.25) is 0 Å². The van der Waals surface area contributed by atoms with Gasteiger partial charge in [-0.3, -0.25) is 4.79 Å². The lowest BCUT2D eigenvalue weighted by Crippen LogP contribution is -2.60. The molecule has 0 aromatic rings. The number of hydrogen-bond donors (Lipinski definition) is 6. The van der Waals surface area contributed by atoms with Crippen LogP contribution in [0.3, 0.4) is 0 Å².